The maximum absolute atomic E-state index is 12.2. The number of alkyl halides is 2. The smallest absolute Gasteiger partial charge is 0.387 e. The highest BCUT2D eigenvalue weighted by atomic mass is 19.3. The van der Waals surface area contributed by atoms with Gasteiger partial charge in [0, 0.05) is 18.2 Å². The first-order valence-electron chi connectivity index (χ1n) is 6.48. The zero-order valence-corrected chi connectivity index (χ0v) is 11.6. The molecule has 1 rings (SSSR count). The van der Waals surface area contributed by atoms with E-state index in [-0.39, 0.29) is 11.7 Å². The lowest BCUT2D eigenvalue weighted by atomic mass is 10.1. The molecular weight excluding hydrogens is 264 g/mol. The SMILES string of the molecule is CC(C)CCNC(=O)/C=C/c1ccccc1OC(F)F. The molecule has 0 spiro atoms. The summed E-state index contributed by atoms with van der Waals surface area (Å²) in [5, 5.41) is 2.73. The van der Waals surface area contributed by atoms with E-state index in [1.165, 1.54) is 18.2 Å². The fourth-order valence-electron chi connectivity index (χ4n) is 1.53. The van der Waals surface area contributed by atoms with Gasteiger partial charge in [-0.3, -0.25) is 4.79 Å². The van der Waals surface area contributed by atoms with E-state index >= 15 is 0 Å². The number of para-hydroxylation sites is 1. The van der Waals surface area contributed by atoms with Crippen LogP contribution in [0.15, 0.2) is 30.3 Å². The number of carbonyl (C=O) groups excluding carboxylic acids is 1. The first kappa shape index (κ1) is 16.1. The van der Waals surface area contributed by atoms with Crippen LogP contribution in [0.2, 0.25) is 0 Å². The van der Waals surface area contributed by atoms with Crippen LogP contribution in [-0.2, 0) is 4.79 Å². The Labute approximate surface area is 117 Å². The maximum Gasteiger partial charge on any atom is 0.387 e. The lowest BCUT2D eigenvalue weighted by Gasteiger charge is -2.07. The molecule has 5 heteroatoms. The standard InChI is InChI=1S/C15H19F2NO2/c1-11(2)9-10-18-14(19)8-7-12-5-3-4-6-13(12)20-15(16)17/h3-8,11,15H,9-10H2,1-2H3,(H,18,19)/b8-7+. The molecule has 0 saturated carbocycles. The molecule has 0 aromatic heterocycles. The Morgan fingerprint density at radius 2 is 2.05 bits per heavy atom. The molecule has 1 aromatic carbocycles. The highest BCUT2D eigenvalue weighted by Crippen LogP contribution is 2.21. The molecule has 0 heterocycles. The minimum Gasteiger partial charge on any atom is -0.434 e. The van der Waals surface area contributed by atoms with Gasteiger partial charge in [-0.05, 0) is 24.5 Å². The molecule has 0 unspecified atom stereocenters. The normalized spacial score (nSPS) is 11.3. The number of halogens is 2. The van der Waals surface area contributed by atoms with E-state index in [0.717, 1.165) is 6.42 Å². The van der Waals surface area contributed by atoms with Crippen molar-refractivity contribution in [2.45, 2.75) is 26.9 Å². The minimum atomic E-state index is -2.88. The molecule has 0 aliphatic heterocycles. The van der Waals surface area contributed by atoms with Gasteiger partial charge in [0.1, 0.15) is 5.75 Å². The Morgan fingerprint density at radius 1 is 1.35 bits per heavy atom. The van der Waals surface area contributed by atoms with Crippen molar-refractivity contribution in [3.05, 3.63) is 35.9 Å². The second kappa shape index (κ2) is 8.30. The van der Waals surface area contributed by atoms with Crippen LogP contribution in [0.3, 0.4) is 0 Å². The molecule has 0 radical (unpaired) electrons. The van der Waals surface area contributed by atoms with E-state index in [0.29, 0.717) is 18.0 Å². The molecule has 0 bridgehead atoms. The third-order valence-electron chi connectivity index (χ3n) is 2.57. The van der Waals surface area contributed by atoms with Crippen LogP contribution in [-0.4, -0.2) is 19.1 Å². The summed E-state index contributed by atoms with van der Waals surface area (Å²) in [7, 11) is 0. The van der Waals surface area contributed by atoms with Crippen molar-refractivity contribution in [1.82, 2.24) is 5.32 Å². The third kappa shape index (κ3) is 6.31. The van der Waals surface area contributed by atoms with Gasteiger partial charge >= 0.3 is 6.61 Å². The van der Waals surface area contributed by atoms with E-state index < -0.39 is 6.61 Å². The molecule has 0 saturated heterocycles. The summed E-state index contributed by atoms with van der Waals surface area (Å²) >= 11 is 0. The van der Waals surface area contributed by atoms with E-state index in [4.69, 9.17) is 0 Å². The molecule has 1 amide bonds. The van der Waals surface area contributed by atoms with Gasteiger partial charge in [-0.2, -0.15) is 8.78 Å². The van der Waals surface area contributed by atoms with Gasteiger partial charge in [0.2, 0.25) is 5.91 Å². The Kier molecular flexibility index (Phi) is 6.70. The summed E-state index contributed by atoms with van der Waals surface area (Å²) < 4.78 is 28.8. The second-order valence-corrected chi connectivity index (χ2v) is 4.72. The van der Waals surface area contributed by atoms with Crippen LogP contribution in [0.5, 0.6) is 5.75 Å². The van der Waals surface area contributed by atoms with E-state index in [2.05, 4.69) is 23.9 Å². The van der Waals surface area contributed by atoms with Crippen LogP contribution in [0, 0.1) is 5.92 Å². The van der Waals surface area contributed by atoms with Gasteiger partial charge in [-0.1, -0.05) is 32.0 Å². The predicted octanol–water partition coefficient (Wildman–Crippen LogP) is 3.46. The lowest BCUT2D eigenvalue weighted by Crippen LogP contribution is -2.23. The number of hydrogen-bond donors (Lipinski definition) is 1. The van der Waals surface area contributed by atoms with Gasteiger partial charge in [-0.15, -0.1) is 0 Å². The zero-order valence-electron chi connectivity index (χ0n) is 11.6. The number of amides is 1. The van der Waals surface area contributed by atoms with Crippen molar-refractivity contribution >= 4 is 12.0 Å². The average molecular weight is 283 g/mol. The maximum atomic E-state index is 12.2. The highest BCUT2D eigenvalue weighted by molar-refractivity contribution is 5.92. The van der Waals surface area contributed by atoms with Crippen LogP contribution in [0.4, 0.5) is 8.78 Å². The summed E-state index contributed by atoms with van der Waals surface area (Å²) in [4.78, 5) is 11.5. The molecule has 3 nitrogen and oxygen atoms in total. The topological polar surface area (TPSA) is 38.3 Å². The Morgan fingerprint density at radius 3 is 2.70 bits per heavy atom. The summed E-state index contributed by atoms with van der Waals surface area (Å²) in [5.41, 5.74) is 0.437. The highest BCUT2D eigenvalue weighted by Gasteiger charge is 2.07. The van der Waals surface area contributed by atoms with Crippen molar-refractivity contribution < 1.29 is 18.3 Å². The number of carbonyl (C=O) groups is 1. The molecule has 1 N–H and O–H groups in total. The average Bonchev–Trinajstić information content (AvgIpc) is 2.36. The summed E-state index contributed by atoms with van der Waals surface area (Å²) in [6.45, 7) is 1.85. The van der Waals surface area contributed by atoms with E-state index in [1.54, 1.807) is 18.2 Å². The molecule has 0 aliphatic carbocycles. The zero-order chi connectivity index (χ0) is 15.0. The Bertz CT molecular complexity index is 459. The molecular formula is C15H19F2NO2. The molecule has 110 valence electrons. The number of ether oxygens (including phenoxy) is 1. The third-order valence-corrected chi connectivity index (χ3v) is 2.57. The molecule has 1 aromatic rings. The Hall–Kier alpha value is -1.91. The summed E-state index contributed by atoms with van der Waals surface area (Å²) in [6.07, 6.45) is 3.67. The molecule has 0 atom stereocenters. The quantitative estimate of drug-likeness (QED) is 0.778. The molecule has 0 aliphatic rings. The first-order chi connectivity index (χ1) is 9.49. The fourth-order valence-corrected chi connectivity index (χ4v) is 1.53. The van der Waals surface area contributed by atoms with Crippen molar-refractivity contribution in [1.29, 1.82) is 0 Å². The second-order valence-electron chi connectivity index (χ2n) is 4.72. The van der Waals surface area contributed by atoms with Gasteiger partial charge in [-0.25, -0.2) is 0 Å². The predicted molar refractivity (Wildman–Crippen MR) is 74.6 cm³/mol. The molecule has 20 heavy (non-hydrogen) atoms. The van der Waals surface area contributed by atoms with Gasteiger partial charge in [0.15, 0.2) is 0 Å². The monoisotopic (exact) mass is 283 g/mol. The number of benzene rings is 1. The lowest BCUT2D eigenvalue weighted by molar-refractivity contribution is -0.116. The van der Waals surface area contributed by atoms with Crippen molar-refractivity contribution in [2.75, 3.05) is 6.54 Å². The van der Waals surface area contributed by atoms with E-state index in [1.807, 2.05) is 0 Å². The van der Waals surface area contributed by atoms with Crippen molar-refractivity contribution in [3.63, 3.8) is 0 Å². The van der Waals surface area contributed by atoms with E-state index in [9.17, 15) is 13.6 Å². The van der Waals surface area contributed by atoms with Gasteiger partial charge in [0.05, 0.1) is 0 Å². The van der Waals surface area contributed by atoms with Crippen LogP contribution in [0.1, 0.15) is 25.8 Å². The summed E-state index contributed by atoms with van der Waals surface area (Å²) in [6, 6.07) is 6.32. The number of hydrogen-bond acceptors (Lipinski definition) is 2. The van der Waals surface area contributed by atoms with Crippen LogP contribution >= 0.6 is 0 Å². The van der Waals surface area contributed by atoms with Crippen LogP contribution in [0.25, 0.3) is 6.08 Å². The fraction of sp³-hybridized carbons (Fsp3) is 0.400. The van der Waals surface area contributed by atoms with Gasteiger partial charge in [0.25, 0.3) is 0 Å². The Balaban J connectivity index is 2.58. The van der Waals surface area contributed by atoms with Crippen LogP contribution < -0.4 is 10.1 Å². The molecule has 0 fully saturated rings. The van der Waals surface area contributed by atoms with Crippen molar-refractivity contribution in [3.8, 4) is 5.75 Å². The van der Waals surface area contributed by atoms with Gasteiger partial charge < -0.3 is 10.1 Å². The minimum absolute atomic E-state index is 0.0498. The van der Waals surface area contributed by atoms with Crippen molar-refractivity contribution in [2.24, 2.45) is 5.92 Å². The number of nitrogens with one attached hydrogen (secondary N) is 1. The first-order valence-corrected chi connectivity index (χ1v) is 6.48. The largest absolute Gasteiger partial charge is 0.434 e. The number of rotatable bonds is 7. The summed E-state index contributed by atoms with van der Waals surface area (Å²) in [5.74, 6) is 0.311.